The second kappa shape index (κ2) is 14.1. The number of quaternary nitrogens is 2. The van der Waals surface area contributed by atoms with Gasteiger partial charge in [0.1, 0.15) is 0 Å². The quantitative estimate of drug-likeness (QED) is 0.390. The topological polar surface area (TPSA) is 33.2 Å². The summed E-state index contributed by atoms with van der Waals surface area (Å²) in [4.78, 5) is 0. The van der Waals surface area contributed by atoms with Crippen molar-refractivity contribution >= 4 is 0 Å². The van der Waals surface area contributed by atoms with E-state index in [9.17, 15) is 0 Å². The zero-order chi connectivity index (χ0) is 16.3. The fourth-order valence-corrected chi connectivity index (χ4v) is 3.06. The number of hydrogen-bond acceptors (Lipinski definition) is 0. The van der Waals surface area contributed by atoms with Crippen molar-refractivity contribution < 1.29 is 35.4 Å². The molecule has 2 rings (SSSR count). The van der Waals surface area contributed by atoms with Crippen LogP contribution < -0.4 is 35.4 Å². The minimum absolute atomic E-state index is 0. The van der Waals surface area contributed by atoms with Gasteiger partial charge >= 0.3 is 0 Å². The van der Waals surface area contributed by atoms with Crippen molar-refractivity contribution in [2.45, 2.75) is 45.2 Å². The molecule has 0 fully saturated rings. The highest BCUT2D eigenvalue weighted by molar-refractivity contribution is 5.15. The average Bonchev–Trinajstić information content (AvgIpc) is 2.56. The summed E-state index contributed by atoms with van der Waals surface area (Å²) in [6.45, 7) is 7.11. The molecule has 0 spiro atoms. The molecule has 0 bridgehead atoms. The third-order valence-electron chi connectivity index (χ3n) is 4.35. The Labute approximate surface area is 165 Å². The number of nitrogens with two attached hydrogens (primary N) is 2. The molecule has 0 radical (unpaired) electrons. The fourth-order valence-electron chi connectivity index (χ4n) is 3.06. The maximum Gasteiger partial charge on any atom is 0.0871 e. The van der Waals surface area contributed by atoms with Crippen LogP contribution in [0.25, 0.3) is 0 Å². The predicted molar refractivity (Wildman–Crippen MR) is 97.4 cm³/mol. The van der Waals surface area contributed by atoms with E-state index < -0.39 is 0 Å². The van der Waals surface area contributed by atoms with Crippen LogP contribution in [0.2, 0.25) is 0 Å². The molecule has 4 heteroatoms. The first-order valence-electron chi connectivity index (χ1n) is 8.98. The van der Waals surface area contributed by atoms with Crippen molar-refractivity contribution in [2.24, 2.45) is 0 Å². The van der Waals surface area contributed by atoms with Gasteiger partial charge in [-0.3, -0.25) is 0 Å². The molecule has 2 atom stereocenters. The van der Waals surface area contributed by atoms with Gasteiger partial charge < -0.3 is 35.4 Å². The van der Waals surface area contributed by atoms with Gasteiger partial charge in [0.15, 0.2) is 0 Å². The van der Waals surface area contributed by atoms with Crippen LogP contribution in [0.5, 0.6) is 0 Å². The largest absolute Gasteiger partial charge is 1.00 e. The van der Waals surface area contributed by atoms with Crippen molar-refractivity contribution in [3.63, 3.8) is 0 Å². The highest BCUT2D eigenvalue weighted by atomic mass is 35.5. The lowest BCUT2D eigenvalue weighted by Gasteiger charge is -2.12. The Kier molecular flexibility index (Phi) is 13.5. The summed E-state index contributed by atoms with van der Waals surface area (Å²) >= 11 is 0. The minimum atomic E-state index is 0. The summed E-state index contributed by atoms with van der Waals surface area (Å²) < 4.78 is 0. The maximum absolute atomic E-state index is 2.49. The van der Waals surface area contributed by atoms with Gasteiger partial charge in [-0.2, -0.15) is 0 Å². The normalized spacial score (nSPS) is 12.6. The predicted octanol–water partition coefficient (Wildman–Crippen LogP) is -4.23. The molecule has 0 aliphatic carbocycles. The Balaban J connectivity index is 0.00000288. The smallest absolute Gasteiger partial charge is 0.0871 e. The summed E-state index contributed by atoms with van der Waals surface area (Å²) in [6, 6.07) is 22.9. The first-order chi connectivity index (χ1) is 11.2. The van der Waals surface area contributed by atoms with Crippen molar-refractivity contribution in [2.75, 3.05) is 13.1 Å². The molecule has 2 aromatic carbocycles. The second-order valence-electron chi connectivity index (χ2n) is 6.74. The SMILES string of the molecule is CC(Cc1ccccc1)[NH2+]CCC[NH2+]C(C)Cc1ccccc1.[Cl-].[Cl-]. The van der Waals surface area contributed by atoms with Crippen LogP contribution in [-0.4, -0.2) is 25.2 Å². The van der Waals surface area contributed by atoms with Crippen molar-refractivity contribution in [1.82, 2.24) is 0 Å². The number of hydrogen-bond donors (Lipinski definition) is 2. The first-order valence-corrected chi connectivity index (χ1v) is 8.98. The third-order valence-corrected chi connectivity index (χ3v) is 4.35. The number of rotatable bonds is 10. The lowest BCUT2D eigenvalue weighted by Crippen LogP contribution is -3.00. The molecule has 0 saturated carbocycles. The Morgan fingerprint density at radius 2 is 1.00 bits per heavy atom. The van der Waals surface area contributed by atoms with Gasteiger partial charge in [0.2, 0.25) is 0 Å². The molecule has 25 heavy (non-hydrogen) atoms. The molecular formula is C21H32Cl2N2. The summed E-state index contributed by atoms with van der Waals surface area (Å²) in [5, 5.41) is 4.98. The average molecular weight is 383 g/mol. The van der Waals surface area contributed by atoms with Crippen LogP contribution >= 0.6 is 0 Å². The number of halogens is 2. The van der Waals surface area contributed by atoms with Crippen molar-refractivity contribution in [3.8, 4) is 0 Å². The molecule has 2 unspecified atom stereocenters. The van der Waals surface area contributed by atoms with Crippen molar-refractivity contribution in [3.05, 3.63) is 71.8 Å². The van der Waals surface area contributed by atoms with E-state index in [0.717, 1.165) is 12.8 Å². The second-order valence-corrected chi connectivity index (χ2v) is 6.74. The Hall–Kier alpha value is -1.06. The third kappa shape index (κ3) is 10.5. The van der Waals surface area contributed by atoms with Gasteiger partial charge in [0.25, 0.3) is 0 Å². The van der Waals surface area contributed by atoms with E-state index in [4.69, 9.17) is 0 Å². The lowest BCUT2D eigenvalue weighted by molar-refractivity contribution is -0.709. The molecule has 4 N–H and O–H groups in total. The standard InChI is InChI=1S/C21H30N2.2ClH/c1-18(16-20-10-5-3-6-11-20)22-14-9-15-23-19(2)17-21-12-7-4-8-13-21;;/h3-8,10-13,18-19,22-23H,9,14-17H2,1-2H3;2*1H. The lowest BCUT2D eigenvalue weighted by atomic mass is 10.1. The zero-order valence-electron chi connectivity index (χ0n) is 15.4. The molecule has 0 saturated heterocycles. The molecule has 140 valence electrons. The van der Waals surface area contributed by atoms with Crippen molar-refractivity contribution in [1.29, 1.82) is 0 Å². The Bertz CT molecular complexity index is 485. The molecule has 0 aliphatic heterocycles. The molecule has 0 heterocycles. The summed E-state index contributed by atoms with van der Waals surface area (Å²) in [5.74, 6) is 0. The first kappa shape index (κ1) is 23.9. The van der Waals surface area contributed by atoms with Gasteiger partial charge in [-0.25, -0.2) is 0 Å². The highest BCUT2D eigenvalue weighted by Gasteiger charge is 2.08. The van der Waals surface area contributed by atoms with Gasteiger partial charge in [0.05, 0.1) is 25.2 Å². The molecule has 2 nitrogen and oxygen atoms in total. The Morgan fingerprint density at radius 1 is 0.640 bits per heavy atom. The molecule has 0 aromatic heterocycles. The zero-order valence-corrected chi connectivity index (χ0v) is 16.9. The molecular weight excluding hydrogens is 351 g/mol. The molecule has 0 amide bonds. The van der Waals surface area contributed by atoms with Gasteiger partial charge in [-0.15, -0.1) is 0 Å². The van der Waals surface area contributed by atoms with E-state index in [1.54, 1.807) is 0 Å². The van der Waals surface area contributed by atoms with E-state index in [2.05, 4.69) is 85.1 Å². The van der Waals surface area contributed by atoms with E-state index in [1.165, 1.54) is 30.6 Å². The Morgan fingerprint density at radius 3 is 1.36 bits per heavy atom. The van der Waals surface area contributed by atoms with E-state index in [-0.39, 0.29) is 24.8 Å². The molecule has 2 aromatic rings. The van der Waals surface area contributed by atoms with E-state index in [1.807, 2.05) is 0 Å². The maximum atomic E-state index is 2.49. The summed E-state index contributed by atoms with van der Waals surface area (Å²) in [5.41, 5.74) is 2.89. The van der Waals surface area contributed by atoms with Crippen LogP contribution in [0.3, 0.4) is 0 Å². The summed E-state index contributed by atoms with van der Waals surface area (Å²) in [6.07, 6.45) is 3.60. The van der Waals surface area contributed by atoms with E-state index in [0.29, 0.717) is 12.1 Å². The van der Waals surface area contributed by atoms with Gasteiger partial charge in [-0.05, 0) is 25.0 Å². The van der Waals surface area contributed by atoms with Gasteiger partial charge in [0, 0.05) is 19.3 Å². The summed E-state index contributed by atoms with van der Waals surface area (Å²) in [7, 11) is 0. The van der Waals surface area contributed by atoms with Crippen LogP contribution in [0.1, 0.15) is 31.4 Å². The number of benzene rings is 2. The monoisotopic (exact) mass is 382 g/mol. The van der Waals surface area contributed by atoms with Gasteiger partial charge in [-0.1, -0.05) is 60.7 Å². The van der Waals surface area contributed by atoms with Crippen LogP contribution in [0.4, 0.5) is 0 Å². The van der Waals surface area contributed by atoms with Crippen LogP contribution in [0.15, 0.2) is 60.7 Å². The van der Waals surface area contributed by atoms with Crippen LogP contribution in [0, 0.1) is 0 Å². The van der Waals surface area contributed by atoms with E-state index >= 15 is 0 Å². The molecule has 0 aliphatic rings. The highest BCUT2D eigenvalue weighted by Crippen LogP contribution is 2.01. The van der Waals surface area contributed by atoms with Crippen LogP contribution in [-0.2, 0) is 12.8 Å². The fraction of sp³-hybridized carbons (Fsp3) is 0.429. The minimum Gasteiger partial charge on any atom is -1.00 e.